The number of piperazine rings is 1. The first-order valence-electron chi connectivity index (χ1n) is 8.10. The average Bonchev–Trinajstić information content (AvgIpc) is 3.04. The summed E-state index contributed by atoms with van der Waals surface area (Å²) in [6.07, 6.45) is -4.18. The number of hydrogen-bond acceptors (Lipinski definition) is 5. The molecule has 11 heteroatoms. The van der Waals surface area contributed by atoms with Crippen LogP contribution in [0.4, 0.5) is 18.3 Å². The monoisotopic (exact) mass is 506 g/mol. The topological polar surface area (TPSA) is 47.0 Å². The summed E-state index contributed by atoms with van der Waals surface area (Å²) in [5, 5.41) is 6.16. The SMILES string of the molecule is CN=C(NCc1csc(N(C)C)n1)N1CCN(C(C)C(F)(F)F)CC1.I. The summed E-state index contributed by atoms with van der Waals surface area (Å²) in [5.41, 5.74) is 0.916. The minimum atomic E-state index is -4.18. The normalized spacial score (nSPS) is 17.7. The summed E-state index contributed by atoms with van der Waals surface area (Å²) in [4.78, 5) is 14.1. The van der Waals surface area contributed by atoms with Crippen molar-refractivity contribution in [3.05, 3.63) is 11.1 Å². The third kappa shape index (κ3) is 6.12. The smallest absolute Gasteiger partial charge is 0.354 e. The van der Waals surface area contributed by atoms with Crippen LogP contribution in [0.15, 0.2) is 10.4 Å². The van der Waals surface area contributed by atoms with Gasteiger partial charge in [0.25, 0.3) is 0 Å². The maximum absolute atomic E-state index is 12.8. The van der Waals surface area contributed by atoms with Gasteiger partial charge in [0.1, 0.15) is 6.04 Å². The lowest BCUT2D eigenvalue weighted by atomic mass is 10.2. The molecule has 1 unspecified atom stereocenters. The van der Waals surface area contributed by atoms with Crippen molar-refractivity contribution >= 4 is 46.4 Å². The second-order valence-corrected chi connectivity index (χ2v) is 6.99. The highest BCUT2D eigenvalue weighted by Gasteiger charge is 2.41. The van der Waals surface area contributed by atoms with Gasteiger partial charge in [-0.05, 0) is 6.92 Å². The molecule has 0 spiro atoms. The molecule has 1 saturated heterocycles. The van der Waals surface area contributed by atoms with Gasteiger partial charge in [-0.2, -0.15) is 13.2 Å². The Kier molecular flexibility index (Phi) is 8.86. The molecule has 0 aliphatic carbocycles. The molecule has 1 aromatic heterocycles. The van der Waals surface area contributed by atoms with E-state index in [2.05, 4.69) is 15.3 Å². The van der Waals surface area contributed by atoms with E-state index in [1.54, 1.807) is 18.4 Å². The van der Waals surface area contributed by atoms with Crippen LogP contribution in [-0.2, 0) is 6.54 Å². The van der Waals surface area contributed by atoms with Crippen LogP contribution in [0.1, 0.15) is 12.6 Å². The van der Waals surface area contributed by atoms with Crippen LogP contribution in [0.5, 0.6) is 0 Å². The third-order valence-electron chi connectivity index (χ3n) is 4.20. The number of halogens is 4. The molecule has 26 heavy (non-hydrogen) atoms. The minimum absolute atomic E-state index is 0. The van der Waals surface area contributed by atoms with Crippen LogP contribution >= 0.6 is 35.3 Å². The summed E-state index contributed by atoms with van der Waals surface area (Å²) in [6.45, 7) is 3.51. The van der Waals surface area contributed by atoms with Crippen molar-refractivity contribution in [3.63, 3.8) is 0 Å². The second-order valence-electron chi connectivity index (χ2n) is 6.16. The Labute approximate surface area is 173 Å². The van der Waals surface area contributed by atoms with Crippen LogP contribution in [0.25, 0.3) is 0 Å². The average molecular weight is 506 g/mol. The molecule has 0 bridgehead atoms. The lowest BCUT2D eigenvalue weighted by molar-refractivity contribution is -0.181. The predicted molar refractivity (Wildman–Crippen MR) is 111 cm³/mol. The molecular formula is C15H26F3IN6S. The zero-order valence-electron chi connectivity index (χ0n) is 15.4. The molecule has 1 atom stereocenters. The molecule has 2 heterocycles. The van der Waals surface area contributed by atoms with E-state index in [0.29, 0.717) is 38.7 Å². The molecule has 0 aromatic carbocycles. The van der Waals surface area contributed by atoms with E-state index in [0.717, 1.165) is 10.8 Å². The van der Waals surface area contributed by atoms with E-state index >= 15 is 0 Å². The fraction of sp³-hybridized carbons (Fsp3) is 0.733. The standard InChI is InChI=1S/C15H25F3N6S.HI/c1-11(15(16,17)18)23-5-7-24(8-6-23)13(19-2)20-9-12-10-25-14(21-12)22(3)4;/h10-11H,5-9H2,1-4H3,(H,19,20);1H. The Balaban J connectivity index is 0.00000338. The first kappa shape index (κ1) is 23.2. The lowest BCUT2D eigenvalue weighted by Crippen LogP contribution is -2.56. The fourth-order valence-electron chi connectivity index (χ4n) is 2.61. The molecule has 0 saturated carbocycles. The van der Waals surface area contributed by atoms with Crippen molar-refractivity contribution in [2.75, 3.05) is 52.2 Å². The highest BCUT2D eigenvalue weighted by molar-refractivity contribution is 14.0. The van der Waals surface area contributed by atoms with Gasteiger partial charge in [0.15, 0.2) is 11.1 Å². The van der Waals surface area contributed by atoms with Gasteiger partial charge >= 0.3 is 6.18 Å². The minimum Gasteiger partial charge on any atom is -0.354 e. The number of aliphatic imine (C=N–C) groups is 1. The van der Waals surface area contributed by atoms with Gasteiger partial charge in [0.05, 0.1) is 12.2 Å². The van der Waals surface area contributed by atoms with E-state index in [1.165, 1.54) is 11.8 Å². The molecule has 1 aliphatic heterocycles. The molecule has 0 amide bonds. The van der Waals surface area contributed by atoms with Gasteiger partial charge in [0, 0.05) is 52.7 Å². The number of anilines is 1. The van der Waals surface area contributed by atoms with Crippen molar-refractivity contribution in [1.29, 1.82) is 0 Å². The van der Waals surface area contributed by atoms with Gasteiger partial charge in [-0.15, -0.1) is 35.3 Å². The Morgan fingerprint density at radius 3 is 2.42 bits per heavy atom. The first-order chi connectivity index (χ1) is 11.7. The highest BCUT2D eigenvalue weighted by atomic mass is 127. The summed E-state index contributed by atoms with van der Waals surface area (Å²) in [6, 6.07) is -1.41. The Morgan fingerprint density at radius 1 is 1.35 bits per heavy atom. The summed E-state index contributed by atoms with van der Waals surface area (Å²) in [5.74, 6) is 0.693. The number of guanidine groups is 1. The number of hydrogen-bond donors (Lipinski definition) is 1. The molecule has 6 nitrogen and oxygen atoms in total. The summed E-state index contributed by atoms with van der Waals surface area (Å²) >= 11 is 1.57. The van der Waals surface area contributed by atoms with Gasteiger partial charge in [-0.25, -0.2) is 4.98 Å². The molecule has 1 aromatic rings. The van der Waals surface area contributed by atoms with Crippen molar-refractivity contribution in [2.45, 2.75) is 25.7 Å². The molecule has 0 radical (unpaired) electrons. The van der Waals surface area contributed by atoms with Gasteiger partial charge in [0.2, 0.25) is 0 Å². The van der Waals surface area contributed by atoms with E-state index in [1.807, 2.05) is 29.3 Å². The van der Waals surface area contributed by atoms with Crippen molar-refractivity contribution in [2.24, 2.45) is 4.99 Å². The fourth-order valence-corrected chi connectivity index (χ4v) is 3.37. The number of rotatable bonds is 4. The van der Waals surface area contributed by atoms with Gasteiger partial charge < -0.3 is 15.1 Å². The second kappa shape index (κ2) is 9.93. The largest absolute Gasteiger partial charge is 0.403 e. The van der Waals surface area contributed by atoms with Gasteiger partial charge in [-0.3, -0.25) is 9.89 Å². The summed E-state index contributed by atoms with van der Waals surface area (Å²) in [7, 11) is 5.56. The lowest BCUT2D eigenvalue weighted by Gasteiger charge is -2.39. The van der Waals surface area contributed by atoms with Gasteiger partial charge in [-0.1, -0.05) is 0 Å². The van der Waals surface area contributed by atoms with Crippen LogP contribution in [0.2, 0.25) is 0 Å². The molecule has 1 fully saturated rings. The zero-order valence-corrected chi connectivity index (χ0v) is 18.5. The van der Waals surface area contributed by atoms with Crippen LogP contribution in [-0.4, -0.2) is 80.3 Å². The van der Waals surface area contributed by atoms with E-state index in [4.69, 9.17) is 0 Å². The maximum atomic E-state index is 12.8. The number of aromatic nitrogens is 1. The van der Waals surface area contributed by atoms with Crippen molar-refractivity contribution in [1.82, 2.24) is 20.1 Å². The van der Waals surface area contributed by atoms with Crippen LogP contribution in [0.3, 0.4) is 0 Å². The van der Waals surface area contributed by atoms with E-state index < -0.39 is 12.2 Å². The maximum Gasteiger partial charge on any atom is 0.403 e. The molecule has 1 aliphatic rings. The Bertz CT molecular complexity index is 584. The quantitative estimate of drug-likeness (QED) is 0.387. The summed E-state index contributed by atoms with van der Waals surface area (Å²) < 4.78 is 38.5. The van der Waals surface area contributed by atoms with E-state index in [-0.39, 0.29) is 24.0 Å². The third-order valence-corrected chi connectivity index (χ3v) is 5.25. The Hall–Kier alpha value is -0.820. The van der Waals surface area contributed by atoms with Crippen LogP contribution in [0, 0.1) is 0 Å². The number of alkyl halides is 3. The Morgan fingerprint density at radius 2 is 1.96 bits per heavy atom. The van der Waals surface area contributed by atoms with Crippen molar-refractivity contribution in [3.8, 4) is 0 Å². The molecular weight excluding hydrogens is 480 g/mol. The van der Waals surface area contributed by atoms with E-state index in [9.17, 15) is 13.2 Å². The first-order valence-corrected chi connectivity index (χ1v) is 8.98. The number of nitrogens with one attached hydrogen (secondary N) is 1. The number of thiazole rings is 1. The molecule has 150 valence electrons. The predicted octanol–water partition coefficient (Wildman–Crippen LogP) is 2.47. The van der Waals surface area contributed by atoms with Crippen molar-refractivity contribution < 1.29 is 13.2 Å². The molecule has 2 rings (SSSR count). The highest BCUT2D eigenvalue weighted by Crippen LogP contribution is 2.25. The van der Waals surface area contributed by atoms with Crippen LogP contribution < -0.4 is 10.2 Å². The number of nitrogens with zero attached hydrogens (tertiary/aromatic N) is 5. The molecule has 1 N–H and O–H groups in total. The zero-order chi connectivity index (χ0) is 18.6.